The lowest BCUT2D eigenvalue weighted by Gasteiger charge is -2.44. The second-order valence-electron chi connectivity index (χ2n) is 8.29. The van der Waals surface area contributed by atoms with Gasteiger partial charge in [0.2, 0.25) is 0 Å². The standard InChI is InChI=1S/C19H35N3O2/c1-4-19(3)14-22(11-12-24-19)18(23)20-15(2)16-7-6-10-21(13-16)17-8-5-9-17/h15-17H,4-14H2,1-3H3,(H,20,23). The first-order valence-corrected chi connectivity index (χ1v) is 9.94. The fraction of sp³-hybridized carbons (Fsp3) is 0.947. The van der Waals surface area contributed by atoms with Gasteiger partial charge in [-0.3, -0.25) is 0 Å². The Hall–Kier alpha value is -0.810. The van der Waals surface area contributed by atoms with E-state index in [1.54, 1.807) is 0 Å². The zero-order chi connectivity index (χ0) is 17.2. The summed E-state index contributed by atoms with van der Waals surface area (Å²) in [4.78, 5) is 17.3. The molecule has 0 bridgehead atoms. The third kappa shape index (κ3) is 4.05. The molecule has 0 aromatic heterocycles. The predicted molar refractivity (Wildman–Crippen MR) is 96.2 cm³/mol. The predicted octanol–water partition coefficient (Wildman–Crippen LogP) is 2.85. The highest BCUT2D eigenvalue weighted by Gasteiger charge is 2.35. The molecule has 2 aliphatic heterocycles. The summed E-state index contributed by atoms with van der Waals surface area (Å²) >= 11 is 0. The van der Waals surface area contributed by atoms with Crippen LogP contribution in [0.3, 0.4) is 0 Å². The number of urea groups is 1. The maximum absolute atomic E-state index is 12.7. The molecule has 1 saturated carbocycles. The number of ether oxygens (including phenoxy) is 1. The Morgan fingerprint density at radius 2 is 2.08 bits per heavy atom. The van der Waals surface area contributed by atoms with Gasteiger partial charge in [-0.1, -0.05) is 13.3 Å². The van der Waals surface area contributed by atoms with E-state index in [-0.39, 0.29) is 17.7 Å². The minimum absolute atomic E-state index is 0.0891. The van der Waals surface area contributed by atoms with Crippen LogP contribution in [0.15, 0.2) is 0 Å². The molecule has 24 heavy (non-hydrogen) atoms. The SMILES string of the molecule is CCC1(C)CN(C(=O)NC(C)C2CCCN(C3CCC3)C2)CCO1. The van der Waals surface area contributed by atoms with Gasteiger partial charge < -0.3 is 19.9 Å². The van der Waals surface area contributed by atoms with Crippen LogP contribution in [0.2, 0.25) is 0 Å². The highest BCUT2D eigenvalue weighted by molar-refractivity contribution is 5.74. The Morgan fingerprint density at radius 1 is 1.29 bits per heavy atom. The van der Waals surface area contributed by atoms with Gasteiger partial charge in [0.25, 0.3) is 0 Å². The van der Waals surface area contributed by atoms with E-state index in [9.17, 15) is 4.79 Å². The first-order valence-electron chi connectivity index (χ1n) is 9.94. The molecule has 0 radical (unpaired) electrons. The largest absolute Gasteiger partial charge is 0.372 e. The lowest BCUT2D eigenvalue weighted by atomic mass is 9.85. The van der Waals surface area contributed by atoms with Gasteiger partial charge in [0.1, 0.15) is 0 Å². The lowest BCUT2D eigenvalue weighted by molar-refractivity contribution is -0.0876. The van der Waals surface area contributed by atoms with Crippen molar-refractivity contribution in [1.82, 2.24) is 15.1 Å². The maximum atomic E-state index is 12.7. The molecule has 1 aliphatic carbocycles. The number of likely N-dealkylation sites (tertiary alicyclic amines) is 1. The van der Waals surface area contributed by atoms with Crippen LogP contribution in [0.25, 0.3) is 0 Å². The summed E-state index contributed by atoms with van der Waals surface area (Å²) in [5, 5.41) is 3.28. The summed E-state index contributed by atoms with van der Waals surface area (Å²) in [5.41, 5.74) is -0.190. The Labute approximate surface area is 147 Å². The Bertz CT molecular complexity index is 440. The minimum atomic E-state index is -0.190. The number of piperidine rings is 1. The molecular formula is C19H35N3O2. The molecule has 3 rings (SSSR count). The monoisotopic (exact) mass is 337 g/mol. The summed E-state index contributed by atoms with van der Waals surface area (Å²) in [6.07, 6.45) is 7.58. The fourth-order valence-electron chi connectivity index (χ4n) is 4.25. The first-order chi connectivity index (χ1) is 11.5. The van der Waals surface area contributed by atoms with Crippen LogP contribution in [0.4, 0.5) is 4.79 Å². The normalized spacial score (nSPS) is 33.8. The molecule has 3 aliphatic rings. The number of carbonyl (C=O) groups is 1. The molecule has 5 heteroatoms. The number of amides is 2. The quantitative estimate of drug-likeness (QED) is 0.858. The second-order valence-corrected chi connectivity index (χ2v) is 8.29. The van der Waals surface area contributed by atoms with E-state index in [1.165, 1.54) is 38.6 Å². The fourth-order valence-corrected chi connectivity index (χ4v) is 4.25. The van der Waals surface area contributed by atoms with E-state index in [0.29, 0.717) is 25.6 Å². The van der Waals surface area contributed by atoms with E-state index in [1.807, 2.05) is 4.90 Å². The van der Waals surface area contributed by atoms with Gasteiger partial charge in [-0.05, 0) is 58.4 Å². The average Bonchev–Trinajstić information content (AvgIpc) is 2.53. The van der Waals surface area contributed by atoms with Crippen LogP contribution in [-0.2, 0) is 4.74 Å². The van der Waals surface area contributed by atoms with Gasteiger partial charge in [0.05, 0.1) is 18.8 Å². The Balaban J connectivity index is 1.50. The lowest BCUT2D eigenvalue weighted by Crippen LogP contribution is -2.57. The van der Waals surface area contributed by atoms with Crippen LogP contribution in [-0.4, -0.2) is 66.3 Å². The second kappa shape index (κ2) is 7.61. The molecule has 2 heterocycles. The van der Waals surface area contributed by atoms with Crippen LogP contribution in [0, 0.1) is 5.92 Å². The van der Waals surface area contributed by atoms with Gasteiger partial charge in [-0.2, -0.15) is 0 Å². The van der Waals surface area contributed by atoms with Crippen LogP contribution >= 0.6 is 0 Å². The van der Waals surface area contributed by atoms with Gasteiger partial charge in [0, 0.05) is 25.2 Å². The topological polar surface area (TPSA) is 44.8 Å². The Kier molecular flexibility index (Phi) is 5.70. The molecule has 1 N–H and O–H groups in total. The number of rotatable bonds is 4. The Morgan fingerprint density at radius 3 is 2.75 bits per heavy atom. The first kappa shape index (κ1) is 18.0. The van der Waals surface area contributed by atoms with Crippen molar-refractivity contribution in [3.05, 3.63) is 0 Å². The molecular weight excluding hydrogens is 302 g/mol. The summed E-state index contributed by atoms with van der Waals surface area (Å²) < 4.78 is 5.85. The number of nitrogens with zero attached hydrogens (tertiary/aromatic N) is 2. The van der Waals surface area contributed by atoms with Crippen molar-refractivity contribution in [2.45, 2.75) is 77.0 Å². The van der Waals surface area contributed by atoms with Crippen molar-refractivity contribution in [2.75, 3.05) is 32.8 Å². The van der Waals surface area contributed by atoms with E-state index in [2.05, 4.69) is 31.0 Å². The van der Waals surface area contributed by atoms with Crippen LogP contribution in [0.1, 0.15) is 59.3 Å². The molecule has 3 unspecified atom stereocenters. The number of nitrogens with one attached hydrogen (secondary N) is 1. The highest BCUT2D eigenvalue weighted by Crippen LogP contribution is 2.30. The van der Waals surface area contributed by atoms with E-state index in [0.717, 1.165) is 19.0 Å². The molecule has 3 atom stereocenters. The number of hydrogen-bond donors (Lipinski definition) is 1. The molecule has 2 amide bonds. The summed E-state index contributed by atoms with van der Waals surface area (Å²) in [5.74, 6) is 0.585. The molecule has 138 valence electrons. The van der Waals surface area contributed by atoms with Crippen molar-refractivity contribution in [3.63, 3.8) is 0 Å². The number of morpholine rings is 1. The zero-order valence-corrected chi connectivity index (χ0v) is 15.7. The molecule has 3 fully saturated rings. The highest BCUT2D eigenvalue weighted by atomic mass is 16.5. The van der Waals surface area contributed by atoms with E-state index < -0.39 is 0 Å². The molecule has 2 saturated heterocycles. The average molecular weight is 338 g/mol. The molecule has 5 nitrogen and oxygen atoms in total. The molecule has 0 aromatic carbocycles. The van der Waals surface area contributed by atoms with Crippen molar-refractivity contribution < 1.29 is 9.53 Å². The number of hydrogen-bond acceptors (Lipinski definition) is 3. The van der Waals surface area contributed by atoms with Crippen molar-refractivity contribution in [1.29, 1.82) is 0 Å². The summed E-state index contributed by atoms with van der Waals surface area (Å²) in [7, 11) is 0. The van der Waals surface area contributed by atoms with Gasteiger partial charge in [-0.15, -0.1) is 0 Å². The summed E-state index contributed by atoms with van der Waals surface area (Å²) in [6.45, 7) is 10.9. The minimum Gasteiger partial charge on any atom is -0.372 e. The molecule has 0 aromatic rings. The smallest absolute Gasteiger partial charge is 0.317 e. The van der Waals surface area contributed by atoms with Gasteiger partial charge >= 0.3 is 6.03 Å². The van der Waals surface area contributed by atoms with Crippen molar-refractivity contribution in [2.24, 2.45) is 5.92 Å². The number of carbonyl (C=O) groups excluding carboxylic acids is 1. The van der Waals surface area contributed by atoms with Crippen LogP contribution in [0.5, 0.6) is 0 Å². The van der Waals surface area contributed by atoms with Crippen molar-refractivity contribution >= 4 is 6.03 Å². The maximum Gasteiger partial charge on any atom is 0.317 e. The van der Waals surface area contributed by atoms with E-state index >= 15 is 0 Å². The third-order valence-electron chi connectivity index (χ3n) is 6.51. The summed E-state index contributed by atoms with van der Waals surface area (Å²) in [6, 6.07) is 1.16. The zero-order valence-electron chi connectivity index (χ0n) is 15.7. The molecule has 0 spiro atoms. The van der Waals surface area contributed by atoms with Gasteiger partial charge in [-0.25, -0.2) is 4.79 Å². The van der Waals surface area contributed by atoms with E-state index in [4.69, 9.17) is 4.74 Å². The van der Waals surface area contributed by atoms with Gasteiger partial charge in [0.15, 0.2) is 0 Å². The van der Waals surface area contributed by atoms with Crippen molar-refractivity contribution in [3.8, 4) is 0 Å². The third-order valence-corrected chi connectivity index (χ3v) is 6.51. The van der Waals surface area contributed by atoms with Crippen LogP contribution < -0.4 is 5.32 Å².